The molecule has 1 aliphatic carbocycles. The number of hydrogen-bond acceptors (Lipinski definition) is 1. The Morgan fingerprint density at radius 2 is 2.23 bits per heavy atom. The van der Waals surface area contributed by atoms with Gasteiger partial charge in [-0.05, 0) is 48.9 Å². The van der Waals surface area contributed by atoms with Gasteiger partial charge in [-0.1, -0.05) is 22.0 Å². The van der Waals surface area contributed by atoms with Gasteiger partial charge in [0.1, 0.15) is 0 Å². The number of anilines is 1. The van der Waals surface area contributed by atoms with Crippen LogP contribution in [0.5, 0.6) is 0 Å². The Hall–Kier alpha value is -0.500. The van der Waals surface area contributed by atoms with Gasteiger partial charge in [-0.2, -0.15) is 0 Å². The second-order valence-corrected chi connectivity index (χ2v) is 4.87. The number of hydrogen-bond donors (Lipinski definition) is 1. The monoisotopic (exact) mass is 239 g/mol. The first-order chi connectivity index (χ1) is 6.18. The summed E-state index contributed by atoms with van der Waals surface area (Å²) in [7, 11) is 0. The van der Waals surface area contributed by atoms with Gasteiger partial charge in [-0.25, -0.2) is 0 Å². The molecule has 0 aliphatic heterocycles. The molecule has 1 aromatic carbocycles. The third-order valence-corrected chi connectivity index (χ3v) is 3.72. The highest BCUT2D eigenvalue weighted by molar-refractivity contribution is 9.09. The molecule has 1 aromatic rings. The maximum Gasteiger partial charge on any atom is 0.0398 e. The summed E-state index contributed by atoms with van der Waals surface area (Å²) < 4.78 is 0. The Labute approximate surface area is 87.5 Å². The Kier molecular flexibility index (Phi) is 2.33. The molecule has 0 saturated carbocycles. The maximum absolute atomic E-state index is 5.87. The summed E-state index contributed by atoms with van der Waals surface area (Å²) in [5.41, 5.74) is 10.9. The van der Waals surface area contributed by atoms with Gasteiger partial charge in [0.25, 0.3) is 0 Å². The predicted octanol–water partition coefficient (Wildman–Crippen LogP) is 3.35. The minimum Gasteiger partial charge on any atom is -0.399 e. The first-order valence-electron chi connectivity index (χ1n) is 4.71. The van der Waals surface area contributed by atoms with Crippen LogP contribution in [0.25, 0.3) is 0 Å². The molecule has 1 nitrogen and oxygen atoms in total. The molecule has 0 amide bonds. The van der Waals surface area contributed by atoms with E-state index in [4.69, 9.17) is 5.73 Å². The largest absolute Gasteiger partial charge is 0.399 e. The second-order valence-electron chi connectivity index (χ2n) is 3.77. The highest BCUT2D eigenvalue weighted by Crippen LogP contribution is 2.37. The number of fused-ring (bicyclic) bond motifs is 1. The number of rotatable bonds is 0. The topological polar surface area (TPSA) is 26.0 Å². The zero-order valence-electron chi connectivity index (χ0n) is 7.81. The quantitative estimate of drug-likeness (QED) is 0.546. The fourth-order valence-corrected chi connectivity index (χ4v) is 2.68. The molecule has 0 heterocycles. The van der Waals surface area contributed by atoms with Crippen LogP contribution in [0.4, 0.5) is 5.69 Å². The highest BCUT2D eigenvalue weighted by atomic mass is 79.9. The van der Waals surface area contributed by atoms with E-state index >= 15 is 0 Å². The molecule has 0 radical (unpaired) electrons. The molecule has 0 saturated heterocycles. The van der Waals surface area contributed by atoms with E-state index in [0.29, 0.717) is 4.83 Å². The van der Waals surface area contributed by atoms with E-state index in [2.05, 4.69) is 35.0 Å². The molecular weight excluding hydrogens is 226 g/mol. The van der Waals surface area contributed by atoms with Gasteiger partial charge in [-0.3, -0.25) is 0 Å². The Balaban J connectivity index is 2.52. The zero-order valence-corrected chi connectivity index (χ0v) is 9.39. The van der Waals surface area contributed by atoms with Crippen molar-refractivity contribution in [1.29, 1.82) is 0 Å². The molecular formula is C11H14BrN. The minimum atomic E-state index is 0.538. The lowest BCUT2D eigenvalue weighted by Gasteiger charge is -2.22. The number of nitrogen functional groups attached to an aromatic ring is 1. The number of aryl methyl sites for hydroxylation is 2. The Bertz CT molecular complexity index is 333. The van der Waals surface area contributed by atoms with Crippen molar-refractivity contribution >= 4 is 21.6 Å². The summed E-state index contributed by atoms with van der Waals surface area (Å²) in [6.07, 6.45) is 3.70. The first-order valence-corrected chi connectivity index (χ1v) is 5.63. The molecule has 1 atom stereocenters. The van der Waals surface area contributed by atoms with Crippen LogP contribution in [0.15, 0.2) is 12.1 Å². The van der Waals surface area contributed by atoms with Crippen LogP contribution >= 0.6 is 15.9 Å². The second kappa shape index (κ2) is 3.33. The molecule has 2 heteroatoms. The van der Waals surface area contributed by atoms with E-state index in [9.17, 15) is 0 Å². The van der Waals surface area contributed by atoms with Crippen molar-refractivity contribution in [1.82, 2.24) is 0 Å². The molecule has 2 N–H and O–H groups in total. The van der Waals surface area contributed by atoms with Gasteiger partial charge in [0.15, 0.2) is 0 Å². The van der Waals surface area contributed by atoms with Crippen molar-refractivity contribution < 1.29 is 0 Å². The fourth-order valence-electron chi connectivity index (χ4n) is 1.93. The maximum atomic E-state index is 5.87. The smallest absolute Gasteiger partial charge is 0.0398 e. The normalized spacial score (nSPS) is 21.2. The van der Waals surface area contributed by atoms with Crippen LogP contribution < -0.4 is 5.73 Å². The van der Waals surface area contributed by atoms with E-state index in [-0.39, 0.29) is 0 Å². The number of benzene rings is 1. The summed E-state index contributed by atoms with van der Waals surface area (Å²) in [6, 6.07) is 4.36. The number of alkyl halides is 1. The van der Waals surface area contributed by atoms with Crippen molar-refractivity contribution in [3.63, 3.8) is 0 Å². The standard InChI is InChI=1S/C11H14BrN/c1-7-5-9-8(6-11(7)13)3-2-4-10(9)12/h5-6,10H,2-4,13H2,1H3. The van der Waals surface area contributed by atoms with Crippen LogP contribution in [0.3, 0.4) is 0 Å². The Morgan fingerprint density at radius 1 is 1.46 bits per heavy atom. The van der Waals surface area contributed by atoms with Crippen molar-refractivity contribution in [2.75, 3.05) is 5.73 Å². The number of nitrogens with two attached hydrogens (primary N) is 1. The molecule has 1 unspecified atom stereocenters. The summed E-state index contributed by atoms with van der Waals surface area (Å²) >= 11 is 3.70. The average Bonchev–Trinajstić information content (AvgIpc) is 2.09. The predicted molar refractivity (Wildman–Crippen MR) is 60.2 cm³/mol. The van der Waals surface area contributed by atoms with E-state index in [0.717, 1.165) is 5.69 Å². The molecule has 0 bridgehead atoms. The van der Waals surface area contributed by atoms with Crippen molar-refractivity contribution in [3.8, 4) is 0 Å². The molecule has 0 fully saturated rings. The molecule has 13 heavy (non-hydrogen) atoms. The van der Waals surface area contributed by atoms with Crippen LogP contribution in [-0.4, -0.2) is 0 Å². The third kappa shape index (κ3) is 1.60. The lowest BCUT2D eigenvalue weighted by atomic mass is 9.90. The fraction of sp³-hybridized carbons (Fsp3) is 0.455. The third-order valence-electron chi connectivity index (χ3n) is 2.77. The van der Waals surface area contributed by atoms with Crippen molar-refractivity contribution in [2.24, 2.45) is 0 Å². The van der Waals surface area contributed by atoms with Gasteiger partial charge < -0.3 is 5.73 Å². The van der Waals surface area contributed by atoms with E-state index in [1.165, 1.54) is 36.0 Å². The van der Waals surface area contributed by atoms with E-state index in [1.54, 1.807) is 0 Å². The molecule has 2 rings (SSSR count). The van der Waals surface area contributed by atoms with Crippen molar-refractivity contribution in [2.45, 2.75) is 31.0 Å². The molecule has 70 valence electrons. The average molecular weight is 240 g/mol. The lowest BCUT2D eigenvalue weighted by Crippen LogP contribution is -2.06. The van der Waals surface area contributed by atoms with Gasteiger partial charge in [0.05, 0.1) is 0 Å². The Morgan fingerprint density at radius 3 is 3.00 bits per heavy atom. The number of halogens is 1. The molecule has 0 aromatic heterocycles. The minimum absolute atomic E-state index is 0.538. The van der Waals surface area contributed by atoms with Gasteiger partial charge in [0, 0.05) is 10.5 Å². The summed E-state index contributed by atoms with van der Waals surface area (Å²) in [5.74, 6) is 0. The van der Waals surface area contributed by atoms with Gasteiger partial charge in [0.2, 0.25) is 0 Å². The van der Waals surface area contributed by atoms with Crippen molar-refractivity contribution in [3.05, 3.63) is 28.8 Å². The van der Waals surface area contributed by atoms with Crippen LogP contribution in [0.2, 0.25) is 0 Å². The highest BCUT2D eigenvalue weighted by Gasteiger charge is 2.18. The molecule has 1 aliphatic rings. The lowest BCUT2D eigenvalue weighted by molar-refractivity contribution is 0.680. The first kappa shape index (κ1) is 9.07. The van der Waals surface area contributed by atoms with E-state index in [1.807, 2.05) is 0 Å². The zero-order chi connectivity index (χ0) is 9.42. The summed E-state index contributed by atoms with van der Waals surface area (Å²) in [4.78, 5) is 0.538. The summed E-state index contributed by atoms with van der Waals surface area (Å²) in [6.45, 7) is 2.07. The summed E-state index contributed by atoms with van der Waals surface area (Å²) in [5, 5.41) is 0. The van der Waals surface area contributed by atoms with Crippen LogP contribution in [0, 0.1) is 6.92 Å². The van der Waals surface area contributed by atoms with Crippen LogP contribution in [0.1, 0.15) is 34.4 Å². The van der Waals surface area contributed by atoms with E-state index < -0.39 is 0 Å². The molecule has 0 spiro atoms. The van der Waals surface area contributed by atoms with Crippen LogP contribution in [-0.2, 0) is 6.42 Å². The van der Waals surface area contributed by atoms with Gasteiger partial charge >= 0.3 is 0 Å². The SMILES string of the molecule is Cc1cc2c(cc1N)CCCC2Br. The van der Waals surface area contributed by atoms with Gasteiger partial charge in [-0.15, -0.1) is 0 Å².